The molecule has 0 N–H and O–H groups in total. The topological polar surface area (TPSA) is 56.2 Å². The summed E-state index contributed by atoms with van der Waals surface area (Å²) in [4.78, 5) is 14.7. The van der Waals surface area contributed by atoms with Crippen LogP contribution in [0.1, 0.15) is 0 Å². The molecule has 0 bridgehead atoms. The molecular formula is C41H26N4O. The third kappa shape index (κ3) is 4.37. The molecule has 5 nitrogen and oxygen atoms in total. The summed E-state index contributed by atoms with van der Waals surface area (Å²) in [7, 11) is 0. The number of para-hydroxylation sites is 3. The molecule has 0 saturated carbocycles. The summed E-state index contributed by atoms with van der Waals surface area (Å²) in [6, 6.07) is 53.9. The number of benzene rings is 6. The van der Waals surface area contributed by atoms with Crippen molar-refractivity contribution in [1.29, 1.82) is 0 Å². The van der Waals surface area contributed by atoms with Crippen LogP contribution in [0.25, 0.3) is 84.1 Å². The van der Waals surface area contributed by atoms with Crippen LogP contribution in [0, 0.1) is 0 Å². The van der Waals surface area contributed by atoms with Crippen LogP contribution < -0.4 is 0 Å². The van der Waals surface area contributed by atoms with Gasteiger partial charge in [-0.15, -0.1) is 0 Å². The molecule has 0 fully saturated rings. The molecule has 0 atom stereocenters. The Morgan fingerprint density at radius 3 is 1.54 bits per heavy atom. The van der Waals surface area contributed by atoms with E-state index < -0.39 is 0 Å². The van der Waals surface area contributed by atoms with Gasteiger partial charge in [-0.2, -0.15) is 0 Å². The molecule has 0 aliphatic rings. The second kappa shape index (κ2) is 10.7. The first-order valence-corrected chi connectivity index (χ1v) is 15.3. The van der Waals surface area contributed by atoms with E-state index in [2.05, 4.69) is 89.3 Å². The van der Waals surface area contributed by atoms with Gasteiger partial charge < -0.3 is 4.42 Å². The highest BCUT2D eigenvalue weighted by atomic mass is 16.3. The van der Waals surface area contributed by atoms with Gasteiger partial charge in [0.1, 0.15) is 0 Å². The molecule has 5 heteroatoms. The fraction of sp³-hybridized carbons (Fsp3) is 0. The van der Waals surface area contributed by atoms with Crippen molar-refractivity contribution in [2.75, 3.05) is 0 Å². The van der Waals surface area contributed by atoms with E-state index in [1.165, 1.54) is 0 Å². The molecule has 3 aromatic heterocycles. The van der Waals surface area contributed by atoms with Crippen molar-refractivity contribution < 1.29 is 4.42 Å². The largest absolute Gasteiger partial charge is 0.438 e. The number of nitrogens with zero attached hydrogens (tertiary/aromatic N) is 4. The minimum Gasteiger partial charge on any atom is -0.438 e. The summed E-state index contributed by atoms with van der Waals surface area (Å²) in [5, 5.41) is 1.16. The Morgan fingerprint density at radius 2 is 0.870 bits per heavy atom. The standard InChI is InChI=1S/C41H26N4O/c1-3-13-27(14-4-1)38-42-39(28-15-5-2-6-16-28)44-40(43-38)32-20-12-18-30(26-32)29-17-11-19-31(25-29)37-33-21-7-8-22-34(33)45-35-23-9-10-24-36(35)46-41(37)45/h1-26H. The Labute approximate surface area is 265 Å². The lowest BCUT2D eigenvalue weighted by Gasteiger charge is -2.10. The highest BCUT2D eigenvalue weighted by Crippen LogP contribution is 2.40. The van der Waals surface area contributed by atoms with E-state index in [-0.39, 0.29) is 0 Å². The molecule has 216 valence electrons. The van der Waals surface area contributed by atoms with E-state index in [4.69, 9.17) is 19.4 Å². The third-order valence-corrected chi connectivity index (χ3v) is 8.45. The maximum absolute atomic E-state index is 6.48. The predicted octanol–water partition coefficient (Wildman–Crippen LogP) is 10.4. The lowest BCUT2D eigenvalue weighted by molar-refractivity contribution is 0.658. The lowest BCUT2D eigenvalue weighted by Crippen LogP contribution is -2.00. The number of fused-ring (bicyclic) bond motifs is 5. The van der Waals surface area contributed by atoms with Gasteiger partial charge in [-0.05, 0) is 47.0 Å². The van der Waals surface area contributed by atoms with E-state index in [1.54, 1.807) is 0 Å². The normalized spacial score (nSPS) is 11.5. The van der Waals surface area contributed by atoms with Gasteiger partial charge in [-0.25, -0.2) is 15.0 Å². The van der Waals surface area contributed by atoms with Crippen LogP contribution in [0.5, 0.6) is 0 Å². The van der Waals surface area contributed by atoms with E-state index in [9.17, 15) is 0 Å². The Morgan fingerprint density at radius 1 is 0.391 bits per heavy atom. The third-order valence-electron chi connectivity index (χ3n) is 8.45. The Hall–Kier alpha value is -6.33. The fourth-order valence-electron chi connectivity index (χ4n) is 6.29. The van der Waals surface area contributed by atoms with E-state index in [0.29, 0.717) is 17.5 Å². The first-order valence-electron chi connectivity index (χ1n) is 15.3. The molecule has 6 aromatic carbocycles. The number of aromatic nitrogens is 4. The lowest BCUT2D eigenvalue weighted by atomic mass is 9.97. The van der Waals surface area contributed by atoms with Crippen molar-refractivity contribution in [3.8, 4) is 56.4 Å². The van der Waals surface area contributed by atoms with Crippen LogP contribution in [0.3, 0.4) is 0 Å². The number of hydrogen-bond donors (Lipinski definition) is 0. The van der Waals surface area contributed by atoms with Gasteiger partial charge in [0.25, 0.3) is 0 Å². The Bertz CT molecular complexity index is 2470. The van der Waals surface area contributed by atoms with Crippen molar-refractivity contribution in [1.82, 2.24) is 19.4 Å². The van der Waals surface area contributed by atoms with Gasteiger partial charge >= 0.3 is 0 Å². The molecule has 0 spiro atoms. The zero-order chi connectivity index (χ0) is 30.5. The van der Waals surface area contributed by atoms with Gasteiger partial charge in [0.05, 0.1) is 16.6 Å². The summed E-state index contributed by atoms with van der Waals surface area (Å²) >= 11 is 0. The zero-order valence-electron chi connectivity index (χ0n) is 24.7. The molecule has 0 amide bonds. The first-order chi connectivity index (χ1) is 22.8. The van der Waals surface area contributed by atoms with Crippen LogP contribution in [0.15, 0.2) is 162 Å². The van der Waals surface area contributed by atoms with Crippen molar-refractivity contribution in [2.24, 2.45) is 0 Å². The monoisotopic (exact) mass is 590 g/mol. The van der Waals surface area contributed by atoms with Crippen molar-refractivity contribution in [3.05, 3.63) is 158 Å². The molecule has 0 saturated heterocycles. The summed E-state index contributed by atoms with van der Waals surface area (Å²) < 4.78 is 8.71. The van der Waals surface area contributed by atoms with E-state index in [1.807, 2.05) is 72.8 Å². The highest BCUT2D eigenvalue weighted by Gasteiger charge is 2.20. The summed E-state index contributed by atoms with van der Waals surface area (Å²) in [5.74, 6) is 1.92. The number of oxazole rings is 1. The van der Waals surface area contributed by atoms with Crippen LogP contribution in [-0.4, -0.2) is 19.4 Å². The van der Waals surface area contributed by atoms with Crippen molar-refractivity contribution >= 4 is 27.7 Å². The number of hydrogen-bond acceptors (Lipinski definition) is 4. The Balaban J connectivity index is 1.18. The van der Waals surface area contributed by atoms with Gasteiger partial charge in [-0.1, -0.05) is 127 Å². The molecule has 9 aromatic rings. The smallest absolute Gasteiger partial charge is 0.213 e. The van der Waals surface area contributed by atoms with E-state index in [0.717, 1.165) is 66.7 Å². The molecule has 0 aliphatic heterocycles. The zero-order valence-corrected chi connectivity index (χ0v) is 24.7. The second-order valence-corrected chi connectivity index (χ2v) is 11.3. The summed E-state index contributed by atoms with van der Waals surface area (Å²) in [6.07, 6.45) is 0. The van der Waals surface area contributed by atoms with Crippen LogP contribution >= 0.6 is 0 Å². The molecule has 0 aliphatic carbocycles. The predicted molar refractivity (Wildman–Crippen MR) is 185 cm³/mol. The van der Waals surface area contributed by atoms with Gasteiger partial charge in [-0.3, -0.25) is 4.40 Å². The molecule has 3 heterocycles. The summed E-state index contributed by atoms with van der Waals surface area (Å²) in [5.41, 5.74) is 11.1. The SMILES string of the molecule is c1ccc(-c2nc(-c3ccccc3)nc(-c3cccc(-c4cccc(-c5c6ccccc6n6c5oc5ccccc56)c4)c3)n2)cc1. The molecule has 0 radical (unpaired) electrons. The minimum absolute atomic E-state index is 0.633. The van der Waals surface area contributed by atoms with Gasteiger partial charge in [0, 0.05) is 22.1 Å². The summed E-state index contributed by atoms with van der Waals surface area (Å²) in [6.45, 7) is 0. The molecule has 46 heavy (non-hydrogen) atoms. The average molecular weight is 591 g/mol. The second-order valence-electron chi connectivity index (χ2n) is 11.3. The molecule has 9 rings (SSSR count). The molecule has 0 unspecified atom stereocenters. The number of rotatable bonds is 5. The Kier molecular flexibility index (Phi) is 6.06. The fourth-order valence-corrected chi connectivity index (χ4v) is 6.29. The van der Waals surface area contributed by atoms with Gasteiger partial charge in [0.2, 0.25) is 5.71 Å². The minimum atomic E-state index is 0.633. The van der Waals surface area contributed by atoms with Crippen molar-refractivity contribution in [2.45, 2.75) is 0 Å². The van der Waals surface area contributed by atoms with Crippen molar-refractivity contribution in [3.63, 3.8) is 0 Å². The van der Waals surface area contributed by atoms with Crippen LogP contribution in [0.4, 0.5) is 0 Å². The quantitative estimate of drug-likeness (QED) is 0.200. The first kappa shape index (κ1) is 26.1. The maximum atomic E-state index is 6.48. The van der Waals surface area contributed by atoms with E-state index >= 15 is 0 Å². The average Bonchev–Trinajstić information content (AvgIpc) is 3.67. The van der Waals surface area contributed by atoms with Crippen LogP contribution in [-0.2, 0) is 0 Å². The van der Waals surface area contributed by atoms with Crippen LogP contribution in [0.2, 0.25) is 0 Å². The van der Waals surface area contributed by atoms with Gasteiger partial charge in [0.15, 0.2) is 23.1 Å². The highest BCUT2D eigenvalue weighted by molar-refractivity contribution is 6.07. The molecular weight excluding hydrogens is 564 g/mol. The maximum Gasteiger partial charge on any atom is 0.213 e.